The molecule has 1 N–H and O–H groups in total. The Balaban J connectivity index is 1.67. The van der Waals surface area contributed by atoms with E-state index in [1.807, 2.05) is 30.3 Å². The van der Waals surface area contributed by atoms with Gasteiger partial charge < -0.3 is 19.5 Å². The van der Waals surface area contributed by atoms with Crippen LogP contribution >= 0.6 is 0 Å². The third-order valence-electron chi connectivity index (χ3n) is 4.88. The van der Waals surface area contributed by atoms with Crippen molar-refractivity contribution in [2.75, 3.05) is 33.9 Å². The maximum absolute atomic E-state index is 13.3. The van der Waals surface area contributed by atoms with Gasteiger partial charge in [0.1, 0.15) is 34.8 Å². The summed E-state index contributed by atoms with van der Waals surface area (Å²) in [6.45, 7) is 0.834. The highest BCUT2D eigenvalue weighted by Gasteiger charge is 2.40. The summed E-state index contributed by atoms with van der Waals surface area (Å²) < 4.78 is 43.8. The van der Waals surface area contributed by atoms with Crippen LogP contribution in [0.4, 0.5) is 0 Å². The van der Waals surface area contributed by atoms with Gasteiger partial charge in [-0.15, -0.1) is 0 Å². The predicted octanol–water partition coefficient (Wildman–Crippen LogP) is 2.05. The highest BCUT2D eigenvalue weighted by atomic mass is 32.2. The summed E-state index contributed by atoms with van der Waals surface area (Å²) in [7, 11) is -1.08. The zero-order valence-corrected chi connectivity index (χ0v) is 17.9. The van der Waals surface area contributed by atoms with Crippen LogP contribution in [0.25, 0.3) is 0 Å². The SMILES string of the molecule is COc1ccc(OC)c(S(=O)(=O)N2CCC[C@H]2C(=O)NCCOc2ccccc2)c1. The Bertz CT molecular complexity index is 965. The summed E-state index contributed by atoms with van der Waals surface area (Å²) in [5, 5.41) is 2.77. The topological polar surface area (TPSA) is 94.2 Å². The van der Waals surface area contributed by atoms with E-state index in [9.17, 15) is 13.2 Å². The zero-order valence-electron chi connectivity index (χ0n) is 17.0. The van der Waals surface area contributed by atoms with Gasteiger partial charge >= 0.3 is 0 Å². The van der Waals surface area contributed by atoms with Gasteiger partial charge in [-0.05, 0) is 37.1 Å². The van der Waals surface area contributed by atoms with E-state index in [1.165, 1.54) is 30.7 Å². The fourth-order valence-electron chi connectivity index (χ4n) is 3.38. The molecule has 0 saturated carbocycles. The molecule has 2 aromatic carbocycles. The van der Waals surface area contributed by atoms with E-state index in [1.54, 1.807) is 6.07 Å². The van der Waals surface area contributed by atoms with E-state index in [4.69, 9.17) is 14.2 Å². The number of carbonyl (C=O) groups excluding carboxylic acids is 1. The van der Waals surface area contributed by atoms with Crippen LogP contribution in [-0.2, 0) is 14.8 Å². The molecule has 1 aliphatic heterocycles. The van der Waals surface area contributed by atoms with Crippen LogP contribution in [-0.4, -0.2) is 58.6 Å². The highest BCUT2D eigenvalue weighted by Crippen LogP contribution is 2.34. The second-order valence-electron chi connectivity index (χ2n) is 6.74. The molecule has 1 amide bonds. The van der Waals surface area contributed by atoms with Gasteiger partial charge in [-0.1, -0.05) is 18.2 Å². The van der Waals surface area contributed by atoms with Gasteiger partial charge in [-0.2, -0.15) is 4.31 Å². The number of methoxy groups -OCH3 is 2. The van der Waals surface area contributed by atoms with Gasteiger partial charge in [0.25, 0.3) is 0 Å². The van der Waals surface area contributed by atoms with Crippen molar-refractivity contribution in [3.8, 4) is 17.2 Å². The van der Waals surface area contributed by atoms with Gasteiger partial charge in [0, 0.05) is 12.6 Å². The zero-order chi connectivity index (χ0) is 21.6. The molecule has 0 aliphatic carbocycles. The van der Waals surface area contributed by atoms with Crippen molar-refractivity contribution >= 4 is 15.9 Å². The van der Waals surface area contributed by atoms with Gasteiger partial charge in [-0.3, -0.25) is 4.79 Å². The smallest absolute Gasteiger partial charge is 0.247 e. The Hall–Kier alpha value is -2.78. The molecule has 1 heterocycles. The first-order chi connectivity index (χ1) is 14.5. The molecule has 3 rings (SSSR count). The Morgan fingerprint density at radius 1 is 1.10 bits per heavy atom. The third kappa shape index (κ3) is 4.85. The standard InChI is InChI=1S/C21H26N2O6S/c1-27-17-10-11-19(28-2)20(15-17)30(25,26)23-13-6-9-18(23)21(24)22-12-14-29-16-7-4-3-5-8-16/h3-5,7-8,10-11,15,18H,6,9,12-14H2,1-2H3,(H,22,24)/t18-/m0/s1. The molecule has 1 saturated heterocycles. The lowest BCUT2D eigenvalue weighted by Gasteiger charge is -2.24. The number of carbonyl (C=O) groups is 1. The molecular formula is C21H26N2O6S. The van der Waals surface area contributed by atoms with Gasteiger partial charge in [0.15, 0.2) is 0 Å². The van der Waals surface area contributed by atoms with Crippen molar-refractivity contribution in [3.63, 3.8) is 0 Å². The number of sulfonamides is 1. The van der Waals surface area contributed by atoms with Crippen LogP contribution in [0.3, 0.4) is 0 Å². The first kappa shape index (κ1) is 21.9. The molecule has 0 aromatic heterocycles. The van der Waals surface area contributed by atoms with Crippen LogP contribution in [0.1, 0.15) is 12.8 Å². The molecule has 0 unspecified atom stereocenters. The van der Waals surface area contributed by atoms with Crippen LogP contribution in [0.2, 0.25) is 0 Å². The summed E-state index contributed by atoms with van der Waals surface area (Å²) in [6, 6.07) is 13.1. The average Bonchev–Trinajstić information content (AvgIpc) is 3.28. The fourth-order valence-corrected chi connectivity index (χ4v) is 5.21. The lowest BCUT2D eigenvalue weighted by molar-refractivity contribution is -0.124. The lowest BCUT2D eigenvalue weighted by atomic mass is 10.2. The molecule has 162 valence electrons. The minimum atomic E-state index is -3.95. The molecule has 0 radical (unpaired) electrons. The molecular weight excluding hydrogens is 408 g/mol. The first-order valence-corrected chi connectivity index (χ1v) is 11.1. The van der Waals surface area contributed by atoms with Gasteiger partial charge in [0.05, 0.1) is 20.8 Å². The maximum Gasteiger partial charge on any atom is 0.247 e. The Morgan fingerprint density at radius 2 is 1.87 bits per heavy atom. The number of amides is 1. The second-order valence-corrected chi connectivity index (χ2v) is 8.60. The van der Waals surface area contributed by atoms with E-state index in [2.05, 4.69) is 5.32 Å². The predicted molar refractivity (Wildman–Crippen MR) is 111 cm³/mol. The van der Waals surface area contributed by atoms with Gasteiger partial charge in [-0.25, -0.2) is 8.42 Å². The van der Waals surface area contributed by atoms with E-state index < -0.39 is 16.1 Å². The molecule has 30 heavy (non-hydrogen) atoms. The van der Waals surface area contributed by atoms with E-state index in [0.29, 0.717) is 30.9 Å². The number of nitrogens with zero attached hydrogens (tertiary/aromatic N) is 1. The summed E-state index contributed by atoms with van der Waals surface area (Å²) in [5.41, 5.74) is 0. The summed E-state index contributed by atoms with van der Waals surface area (Å²) in [4.78, 5) is 12.7. The summed E-state index contributed by atoms with van der Waals surface area (Å²) in [5.74, 6) is 0.974. The number of para-hydroxylation sites is 1. The van der Waals surface area contributed by atoms with E-state index >= 15 is 0 Å². The molecule has 1 fully saturated rings. The lowest BCUT2D eigenvalue weighted by Crippen LogP contribution is -2.46. The average molecular weight is 435 g/mol. The number of rotatable bonds is 9. The Kier molecular flexibility index (Phi) is 7.17. The van der Waals surface area contributed by atoms with Crippen molar-refractivity contribution in [3.05, 3.63) is 48.5 Å². The number of nitrogens with one attached hydrogen (secondary N) is 1. The summed E-state index contributed by atoms with van der Waals surface area (Å²) in [6.07, 6.45) is 1.06. The van der Waals surface area contributed by atoms with Crippen molar-refractivity contribution in [1.29, 1.82) is 0 Å². The van der Waals surface area contributed by atoms with Crippen molar-refractivity contribution in [1.82, 2.24) is 9.62 Å². The van der Waals surface area contributed by atoms with Gasteiger partial charge in [0.2, 0.25) is 15.9 Å². The minimum absolute atomic E-state index is 0.0172. The number of ether oxygens (including phenoxy) is 3. The molecule has 2 aromatic rings. The molecule has 0 bridgehead atoms. The van der Waals surface area contributed by atoms with Crippen LogP contribution < -0.4 is 19.5 Å². The monoisotopic (exact) mass is 434 g/mol. The van der Waals surface area contributed by atoms with Crippen LogP contribution in [0, 0.1) is 0 Å². The molecule has 8 nitrogen and oxygen atoms in total. The minimum Gasteiger partial charge on any atom is -0.497 e. The van der Waals surface area contributed by atoms with Crippen molar-refractivity contribution in [2.24, 2.45) is 0 Å². The Labute approximate surface area is 176 Å². The number of hydrogen-bond donors (Lipinski definition) is 1. The summed E-state index contributed by atoms with van der Waals surface area (Å²) >= 11 is 0. The van der Waals surface area contributed by atoms with Crippen LogP contribution in [0.5, 0.6) is 17.2 Å². The molecule has 9 heteroatoms. The van der Waals surface area contributed by atoms with Crippen molar-refractivity contribution in [2.45, 2.75) is 23.8 Å². The number of hydrogen-bond acceptors (Lipinski definition) is 6. The molecule has 0 spiro atoms. The van der Waals surface area contributed by atoms with E-state index in [0.717, 1.165) is 0 Å². The second kappa shape index (κ2) is 9.82. The largest absolute Gasteiger partial charge is 0.497 e. The number of benzene rings is 2. The maximum atomic E-state index is 13.3. The molecule has 1 aliphatic rings. The molecule has 1 atom stereocenters. The third-order valence-corrected chi connectivity index (χ3v) is 6.81. The van der Waals surface area contributed by atoms with E-state index in [-0.39, 0.29) is 29.6 Å². The fraction of sp³-hybridized carbons (Fsp3) is 0.381. The van der Waals surface area contributed by atoms with Crippen LogP contribution in [0.15, 0.2) is 53.4 Å². The highest BCUT2D eigenvalue weighted by molar-refractivity contribution is 7.89. The normalized spacial score (nSPS) is 16.8. The Morgan fingerprint density at radius 3 is 2.57 bits per heavy atom. The van der Waals surface area contributed by atoms with Crippen molar-refractivity contribution < 1.29 is 27.4 Å². The first-order valence-electron chi connectivity index (χ1n) is 9.67. The quantitative estimate of drug-likeness (QED) is 0.607.